The van der Waals surface area contributed by atoms with E-state index in [0.29, 0.717) is 30.4 Å². The van der Waals surface area contributed by atoms with Gasteiger partial charge < -0.3 is 20.1 Å². The van der Waals surface area contributed by atoms with Gasteiger partial charge in [0.1, 0.15) is 40.2 Å². The second-order valence-corrected chi connectivity index (χ2v) is 9.34. The van der Waals surface area contributed by atoms with E-state index < -0.39 is 22.4 Å². The Kier molecular flexibility index (Phi) is 9.26. The molecule has 2 unspecified atom stereocenters. The molecule has 1 fully saturated rings. The fourth-order valence-electron chi connectivity index (χ4n) is 2.79. The number of aliphatic hydroxyl groups excluding tert-OH is 1. The third-order valence-corrected chi connectivity index (χ3v) is 6.05. The van der Waals surface area contributed by atoms with Crippen LogP contribution in [0, 0.1) is 34.4 Å². The molecule has 1 aromatic heterocycles. The molecule has 0 aliphatic carbocycles. The molecule has 11 heteroatoms. The van der Waals surface area contributed by atoms with Crippen molar-refractivity contribution < 1.29 is 28.7 Å². The number of benzene rings is 1. The van der Waals surface area contributed by atoms with Crippen molar-refractivity contribution in [3.05, 3.63) is 47.5 Å². The van der Waals surface area contributed by atoms with Crippen molar-refractivity contribution in [1.82, 2.24) is 9.29 Å². The van der Waals surface area contributed by atoms with Crippen molar-refractivity contribution in [2.24, 2.45) is 5.92 Å². The van der Waals surface area contributed by atoms with Gasteiger partial charge in [-0.25, -0.2) is 17.9 Å². The Morgan fingerprint density at radius 3 is 2.58 bits per heavy atom. The van der Waals surface area contributed by atoms with Crippen LogP contribution in [-0.4, -0.2) is 60.7 Å². The zero-order chi connectivity index (χ0) is 24.6. The number of ether oxygens (including phenoxy) is 1. The van der Waals surface area contributed by atoms with E-state index in [1.165, 1.54) is 18.3 Å². The Morgan fingerprint density at radius 2 is 2.06 bits per heavy atom. The number of nitriles is 2. The fraction of sp³-hybridized carbons (Fsp3) is 0.409. The van der Waals surface area contributed by atoms with E-state index in [-0.39, 0.29) is 35.9 Å². The summed E-state index contributed by atoms with van der Waals surface area (Å²) in [5.41, 5.74) is -1.04. The number of phenols is 1. The zero-order valence-corrected chi connectivity index (χ0v) is 19.0. The van der Waals surface area contributed by atoms with Crippen LogP contribution in [0.1, 0.15) is 31.5 Å². The molecular formula is C22H25FN4O5S. The van der Waals surface area contributed by atoms with Gasteiger partial charge in [-0.15, -0.1) is 0 Å². The normalized spacial score (nSPS) is 18.7. The second kappa shape index (κ2) is 11.7. The highest BCUT2D eigenvalue weighted by Gasteiger charge is 2.38. The fourth-order valence-corrected chi connectivity index (χ4v) is 4.03. The van der Waals surface area contributed by atoms with Gasteiger partial charge in [-0.2, -0.15) is 10.5 Å². The number of aromatic nitrogens is 1. The van der Waals surface area contributed by atoms with E-state index in [2.05, 4.69) is 4.98 Å². The summed E-state index contributed by atoms with van der Waals surface area (Å²) in [7, 11) is -1.43. The van der Waals surface area contributed by atoms with Crippen molar-refractivity contribution >= 4 is 11.0 Å². The maximum Gasteiger partial charge on any atom is 0.162 e. The number of hydrogen-bond acceptors (Lipinski definition) is 8. The summed E-state index contributed by atoms with van der Waals surface area (Å²) in [5, 5.41) is 45.5. The van der Waals surface area contributed by atoms with Crippen molar-refractivity contribution in [3.8, 4) is 23.6 Å². The Labute approximate surface area is 193 Å². The lowest BCUT2D eigenvalue weighted by atomic mass is 10.1. The van der Waals surface area contributed by atoms with Gasteiger partial charge in [0.25, 0.3) is 0 Å². The molecular weight excluding hydrogens is 451 g/mol. The molecule has 0 spiro atoms. The van der Waals surface area contributed by atoms with Gasteiger partial charge in [-0.3, -0.25) is 0 Å². The summed E-state index contributed by atoms with van der Waals surface area (Å²) >= 11 is 0. The smallest absolute Gasteiger partial charge is 0.162 e. The molecule has 1 aliphatic heterocycles. The molecule has 1 saturated heterocycles. The van der Waals surface area contributed by atoms with E-state index in [1.54, 1.807) is 16.4 Å². The number of β-amino-alcohol motifs (C(OH)–C–C–N with tert-alkyl or cyclic N) is 1. The van der Waals surface area contributed by atoms with Crippen LogP contribution in [0.2, 0.25) is 0 Å². The Hall–Kier alpha value is -3.09. The van der Waals surface area contributed by atoms with E-state index >= 15 is 0 Å². The topological polar surface area (TPSA) is 151 Å². The predicted molar refractivity (Wildman–Crippen MR) is 117 cm³/mol. The van der Waals surface area contributed by atoms with Gasteiger partial charge in [0.15, 0.2) is 11.5 Å². The number of aromatic hydroxyl groups is 1. The number of rotatable bonds is 6. The minimum Gasteiger partial charge on any atom is -0.504 e. The van der Waals surface area contributed by atoms with Crippen molar-refractivity contribution in [3.63, 3.8) is 0 Å². The molecule has 0 radical (unpaired) electrons. The van der Waals surface area contributed by atoms with E-state index in [1.807, 2.05) is 19.9 Å². The van der Waals surface area contributed by atoms with Crippen molar-refractivity contribution in [2.45, 2.75) is 30.8 Å². The lowest BCUT2D eigenvalue weighted by molar-refractivity contribution is -0.000503. The van der Waals surface area contributed by atoms with Crippen molar-refractivity contribution in [2.75, 3.05) is 26.3 Å². The molecule has 0 bridgehead atoms. The van der Waals surface area contributed by atoms with Crippen LogP contribution in [0.15, 0.2) is 35.4 Å². The van der Waals surface area contributed by atoms with Gasteiger partial charge >= 0.3 is 0 Å². The molecule has 176 valence electrons. The van der Waals surface area contributed by atoms with Gasteiger partial charge in [0.2, 0.25) is 0 Å². The van der Waals surface area contributed by atoms with Gasteiger partial charge in [-0.1, -0.05) is 13.8 Å². The number of aliphatic hydroxyl groups is 2. The molecule has 0 amide bonds. The highest BCUT2D eigenvalue weighted by atomic mass is 32.2. The van der Waals surface area contributed by atoms with Crippen LogP contribution >= 0.6 is 0 Å². The van der Waals surface area contributed by atoms with E-state index in [9.17, 15) is 18.8 Å². The third kappa shape index (κ3) is 7.20. The number of nitrogens with zero attached hydrogens (tertiary/aromatic N) is 4. The van der Waals surface area contributed by atoms with E-state index in [4.69, 9.17) is 20.4 Å². The quantitative estimate of drug-likeness (QED) is 0.571. The first-order valence-electron chi connectivity index (χ1n) is 10.0. The zero-order valence-electron chi connectivity index (χ0n) is 18.2. The molecule has 3 N–H and O–H groups in total. The summed E-state index contributed by atoms with van der Waals surface area (Å²) in [6, 6.07) is 8.74. The molecule has 2 atom stereocenters. The minimum absolute atomic E-state index is 0.133. The summed E-state index contributed by atoms with van der Waals surface area (Å²) < 4.78 is 32.0. The van der Waals surface area contributed by atoms with E-state index in [0.717, 1.165) is 6.07 Å². The lowest BCUT2D eigenvalue weighted by Gasteiger charge is -2.19. The first-order chi connectivity index (χ1) is 15.6. The highest BCUT2D eigenvalue weighted by Crippen LogP contribution is 2.29. The monoisotopic (exact) mass is 476 g/mol. The molecule has 2 heterocycles. The van der Waals surface area contributed by atoms with Crippen LogP contribution in [0.25, 0.3) is 0 Å². The average Bonchev–Trinajstić information content (AvgIpc) is 3.21. The summed E-state index contributed by atoms with van der Waals surface area (Å²) in [4.78, 5) is 4.34. The van der Waals surface area contributed by atoms with Crippen LogP contribution in [0.5, 0.6) is 11.5 Å². The maximum atomic E-state index is 13.0. The van der Waals surface area contributed by atoms with Gasteiger partial charge in [0, 0.05) is 31.4 Å². The lowest BCUT2D eigenvalue weighted by Crippen LogP contribution is -2.37. The highest BCUT2D eigenvalue weighted by molar-refractivity contribution is 7.82. The van der Waals surface area contributed by atoms with Crippen LogP contribution in [0.3, 0.4) is 0 Å². The molecule has 1 aromatic carbocycles. The first-order valence-corrected chi connectivity index (χ1v) is 11.1. The summed E-state index contributed by atoms with van der Waals surface area (Å²) in [6.07, 6.45) is 1.78. The first kappa shape index (κ1) is 26.2. The van der Waals surface area contributed by atoms with Crippen LogP contribution in [0.4, 0.5) is 4.39 Å². The summed E-state index contributed by atoms with van der Waals surface area (Å²) in [6.45, 7) is 4.58. The standard InChI is InChI=1S/C11H12FNO2.C11H13N3O3S/c1-7(2)6-15-11-3-8(5-13)9(12)4-10(11)14;12-5-9-1-2-10(6-13-9)18(17)14-4-3-11(16,7-14)8-15/h3-4,7,14H,6H2,1-2H3;1-2,6,15-16H,3-4,7-8H2. The average molecular weight is 477 g/mol. The molecule has 2 aromatic rings. The Morgan fingerprint density at radius 1 is 1.33 bits per heavy atom. The number of halogens is 1. The summed E-state index contributed by atoms with van der Waals surface area (Å²) in [5.74, 6) is -0.597. The number of hydrogen-bond donors (Lipinski definition) is 3. The Balaban J connectivity index is 0.000000238. The predicted octanol–water partition coefficient (Wildman–Crippen LogP) is 1.84. The minimum atomic E-state index is -1.43. The maximum absolute atomic E-state index is 13.0. The molecule has 1 aliphatic rings. The molecule has 33 heavy (non-hydrogen) atoms. The van der Waals surface area contributed by atoms with Crippen molar-refractivity contribution in [1.29, 1.82) is 10.5 Å². The number of phenolic OH excluding ortho intramolecular Hbond substituents is 1. The third-order valence-electron chi connectivity index (χ3n) is 4.62. The van der Waals surface area contributed by atoms with Gasteiger partial charge in [0.05, 0.1) is 23.7 Å². The SMILES string of the molecule is CC(C)COc1cc(C#N)c(F)cc1O.N#Cc1ccc(S(=O)N2CCC(O)(CO)C2)cn1. The van der Waals surface area contributed by atoms with Gasteiger partial charge in [-0.05, 0) is 24.5 Å². The molecule has 9 nitrogen and oxygen atoms in total. The Bertz CT molecular complexity index is 1070. The molecule has 0 saturated carbocycles. The van der Waals surface area contributed by atoms with Crippen LogP contribution < -0.4 is 4.74 Å². The van der Waals surface area contributed by atoms with Crippen LogP contribution in [-0.2, 0) is 11.0 Å². The number of pyridine rings is 1. The molecule has 3 rings (SSSR count). The second-order valence-electron chi connectivity index (χ2n) is 7.85. The largest absolute Gasteiger partial charge is 0.504 e.